The van der Waals surface area contributed by atoms with E-state index in [9.17, 15) is 0 Å². The molecule has 0 spiro atoms. The average molecular weight is 242 g/mol. The molecule has 2 aromatic rings. The van der Waals surface area contributed by atoms with Gasteiger partial charge in [-0.2, -0.15) is 0 Å². The van der Waals surface area contributed by atoms with Crippen molar-refractivity contribution in [3.05, 3.63) is 35.4 Å². The molecule has 2 rings (SSSR count). The zero-order valence-electron chi connectivity index (χ0n) is 12.0. The smallest absolute Gasteiger partial charge is 0.139 e. The summed E-state index contributed by atoms with van der Waals surface area (Å²) in [6.07, 6.45) is 4.12. The molecule has 0 saturated carbocycles. The maximum absolute atomic E-state index is 4.13. The molecule has 1 aromatic heterocycles. The molecular formula is C16H22N2. The predicted octanol–water partition coefficient (Wildman–Crippen LogP) is 4.88. The summed E-state index contributed by atoms with van der Waals surface area (Å²) >= 11 is 0. The molecule has 2 heteroatoms. The fourth-order valence-corrected chi connectivity index (χ4v) is 2.25. The molecule has 0 unspecified atom stereocenters. The number of aliphatic imine (C=N–C) groups is 1. The summed E-state index contributed by atoms with van der Waals surface area (Å²) in [6.45, 7) is 11.8. The first-order valence-corrected chi connectivity index (χ1v) is 6.38. The monoisotopic (exact) mass is 242 g/mol. The Bertz CT molecular complexity index is 574. The Morgan fingerprint density at radius 1 is 1.28 bits per heavy atom. The Kier molecular flexibility index (Phi) is 4.90. The maximum atomic E-state index is 4.13. The van der Waals surface area contributed by atoms with Crippen molar-refractivity contribution in [1.82, 2.24) is 4.57 Å². The average Bonchev–Trinajstić information content (AvgIpc) is 2.66. The van der Waals surface area contributed by atoms with E-state index in [-0.39, 0.29) is 0 Å². The van der Waals surface area contributed by atoms with Gasteiger partial charge in [0.1, 0.15) is 5.82 Å². The highest BCUT2D eigenvalue weighted by Crippen LogP contribution is 2.33. The zero-order valence-corrected chi connectivity index (χ0v) is 12.0. The molecular weight excluding hydrogens is 220 g/mol. The van der Waals surface area contributed by atoms with Crippen LogP contribution in [-0.4, -0.2) is 11.3 Å². The number of benzene rings is 1. The predicted molar refractivity (Wildman–Crippen MR) is 82.9 cm³/mol. The first kappa shape index (κ1) is 14.2. The molecule has 0 aliphatic carbocycles. The van der Waals surface area contributed by atoms with Gasteiger partial charge in [0, 0.05) is 18.0 Å². The number of fused-ring (bicyclic) bond motifs is 1. The zero-order chi connectivity index (χ0) is 13.7. The van der Waals surface area contributed by atoms with Gasteiger partial charge in [-0.3, -0.25) is 0 Å². The number of aromatic nitrogens is 1. The summed E-state index contributed by atoms with van der Waals surface area (Å²) in [5, 5.41) is 1.24. The number of hydrogen-bond donors (Lipinski definition) is 0. The van der Waals surface area contributed by atoms with Crippen molar-refractivity contribution in [2.24, 2.45) is 12.0 Å². The van der Waals surface area contributed by atoms with Gasteiger partial charge in [-0.1, -0.05) is 44.2 Å². The molecule has 1 heterocycles. The summed E-state index contributed by atoms with van der Waals surface area (Å²) in [6, 6.07) is 6.33. The van der Waals surface area contributed by atoms with Crippen molar-refractivity contribution in [2.75, 3.05) is 0 Å². The van der Waals surface area contributed by atoms with Gasteiger partial charge >= 0.3 is 0 Å². The molecule has 0 bridgehead atoms. The van der Waals surface area contributed by atoms with Crippen LogP contribution in [0.5, 0.6) is 0 Å². The van der Waals surface area contributed by atoms with E-state index >= 15 is 0 Å². The van der Waals surface area contributed by atoms with Gasteiger partial charge in [-0.05, 0) is 26.1 Å². The topological polar surface area (TPSA) is 17.3 Å². The third-order valence-corrected chi connectivity index (χ3v) is 2.91. The highest BCUT2D eigenvalue weighted by atomic mass is 15.0. The molecule has 0 fully saturated rings. The van der Waals surface area contributed by atoms with Crippen LogP contribution in [0.4, 0.5) is 5.82 Å². The highest BCUT2D eigenvalue weighted by Gasteiger charge is 2.12. The molecule has 2 nitrogen and oxygen atoms in total. The van der Waals surface area contributed by atoms with Crippen LogP contribution in [0.15, 0.2) is 29.3 Å². The van der Waals surface area contributed by atoms with Crippen LogP contribution in [0.25, 0.3) is 17.0 Å². The van der Waals surface area contributed by atoms with Crippen molar-refractivity contribution >= 4 is 29.5 Å². The lowest BCUT2D eigenvalue weighted by Gasteiger charge is -2.01. The number of para-hydroxylation sites is 1. The van der Waals surface area contributed by atoms with E-state index in [0.717, 1.165) is 11.4 Å². The standard InChI is InChI=1S/C14H16N2.C2H6/c1-5-7-12-11-9-6-8-10(2)13(11)16(4)14(12)15-3;1-2/h5-9H,3H2,1-2,4H3;1-2H3/b7-5-;. The second-order valence-electron chi connectivity index (χ2n) is 3.93. The molecule has 1 aromatic carbocycles. The summed E-state index contributed by atoms with van der Waals surface area (Å²) in [4.78, 5) is 4.13. The van der Waals surface area contributed by atoms with Crippen LogP contribution in [0.2, 0.25) is 0 Å². The lowest BCUT2D eigenvalue weighted by Crippen LogP contribution is -1.88. The normalized spacial score (nSPS) is 10.5. The first-order valence-electron chi connectivity index (χ1n) is 6.38. The number of allylic oxidation sites excluding steroid dienone is 1. The lowest BCUT2D eigenvalue weighted by molar-refractivity contribution is 0.961. The van der Waals surface area contributed by atoms with Gasteiger partial charge < -0.3 is 4.57 Å². The fraction of sp³-hybridized carbons (Fsp3) is 0.312. The van der Waals surface area contributed by atoms with E-state index in [1.165, 1.54) is 16.5 Å². The Labute approximate surface area is 110 Å². The van der Waals surface area contributed by atoms with Gasteiger partial charge in [0.15, 0.2) is 0 Å². The van der Waals surface area contributed by atoms with Crippen LogP contribution < -0.4 is 0 Å². The van der Waals surface area contributed by atoms with Crippen LogP contribution in [-0.2, 0) is 7.05 Å². The quantitative estimate of drug-likeness (QED) is 0.668. The third kappa shape index (κ3) is 2.23. The van der Waals surface area contributed by atoms with Gasteiger partial charge in [-0.15, -0.1) is 0 Å². The van der Waals surface area contributed by atoms with Crippen molar-refractivity contribution in [3.63, 3.8) is 0 Å². The van der Waals surface area contributed by atoms with Crippen LogP contribution in [0, 0.1) is 6.92 Å². The number of aryl methyl sites for hydroxylation is 2. The number of nitrogens with zero attached hydrogens (tertiary/aromatic N) is 2. The van der Waals surface area contributed by atoms with Gasteiger partial charge in [-0.25, -0.2) is 4.99 Å². The minimum Gasteiger partial charge on any atom is -0.328 e. The van der Waals surface area contributed by atoms with Crippen LogP contribution in [0.3, 0.4) is 0 Å². The Balaban J connectivity index is 0.000000771. The van der Waals surface area contributed by atoms with Crippen molar-refractivity contribution in [3.8, 4) is 0 Å². The minimum atomic E-state index is 0.933. The summed E-state index contributed by atoms with van der Waals surface area (Å²) in [5.74, 6) is 0.933. The van der Waals surface area contributed by atoms with E-state index in [1.807, 2.05) is 33.9 Å². The van der Waals surface area contributed by atoms with Crippen molar-refractivity contribution in [2.45, 2.75) is 27.7 Å². The molecule has 0 N–H and O–H groups in total. The Morgan fingerprint density at radius 2 is 1.94 bits per heavy atom. The Hall–Kier alpha value is -1.83. The second-order valence-corrected chi connectivity index (χ2v) is 3.93. The van der Waals surface area contributed by atoms with Crippen molar-refractivity contribution in [1.29, 1.82) is 0 Å². The number of hydrogen-bond acceptors (Lipinski definition) is 1. The molecule has 0 saturated heterocycles. The van der Waals surface area contributed by atoms with Gasteiger partial charge in [0.25, 0.3) is 0 Å². The molecule has 0 atom stereocenters. The molecule has 0 radical (unpaired) electrons. The van der Waals surface area contributed by atoms with Gasteiger partial charge in [0.05, 0.1) is 5.52 Å². The van der Waals surface area contributed by atoms with E-state index in [2.05, 4.69) is 47.5 Å². The van der Waals surface area contributed by atoms with E-state index < -0.39 is 0 Å². The fourth-order valence-electron chi connectivity index (χ4n) is 2.25. The van der Waals surface area contributed by atoms with E-state index in [4.69, 9.17) is 0 Å². The lowest BCUT2D eigenvalue weighted by atomic mass is 10.1. The molecule has 0 aliphatic rings. The van der Waals surface area contributed by atoms with Crippen LogP contribution in [0.1, 0.15) is 31.9 Å². The largest absolute Gasteiger partial charge is 0.328 e. The van der Waals surface area contributed by atoms with Gasteiger partial charge in [0.2, 0.25) is 0 Å². The van der Waals surface area contributed by atoms with Crippen molar-refractivity contribution < 1.29 is 0 Å². The second kappa shape index (κ2) is 6.20. The molecule has 18 heavy (non-hydrogen) atoms. The van der Waals surface area contributed by atoms with E-state index in [0.29, 0.717) is 0 Å². The highest BCUT2D eigenvalue weighted by molar-refractivity contribution is 5.97. The third-order valence-electron chi connectivity index (χ3n) is 2.91. The summed E-state index contributed by atoms with van der Waals surface area (Å²) < 4.78 is 2.10. The first-order chi connectivity index (χ1) is 8.70. The Morgan fingerprint density at radius 3 is 2.50 bits per heavy atom. The molecule has 0 aliphatic heterocycles. The molecule has 0 amide bonds. The van der Waals surface area contributed by atoms with Crippen LogP contribution >= 0.6 is 0 Å². The van der Waals surface area contributed by atoms with E-state index in [1.54, 1.807) is 0 Å². The summed E-state index contributed by atoms with van der Waals surface area (Å²) in [5.41, 5.74) is 3.65. The molecule has 96 valence electrons. The number of rotatable bonds is 2. The maximum Gasteiger partial charge on any atom is 0.139 e. The SMILES string of the molecule is C=Nc1c(/C=C\C)c2cccc(C)c2n1C.CC. The summed E-state index contributed by atoms with van der Waals surface area (Å²) in [7, 11) is 2.03. The minimum absolute atomic E-state index is 0.933.